The van der Waals surface area contributed by atoms with Gasteiger partial charge in [-0.25, -0.2) is 0 Å². The van der Waals surface area contributed by atoms with E-state index in [1.54, 1.807) is 0 Å². The predicted octanol–water partition coefficient (Wildman–Crippen LogP) is 2.30. The number of carboxylic acids is 1. The molecule has 0 spiro atoms. The van der Waals surface area contributed by atoms with Crippen LogP contribution in [0.5, 0.6) is 0 Å². The van der Waals surface area contributed by atoms with Crippen LogP contribution in [0.1, 0.15) is 24.8 Å². The summed E-state index contributed by atoms with van der Waals surface area (Å²) >= 11 is 1.84. The fourth-order valence-corrected chi connectivity index (χ4v) is 4.46. The zero-order chi connectivity index (χ0) is 12.6. The SMILES string of the molecule is O=C(O)C1(CC2Cc3ccccc3S2)CCCN1. The lowest BCUT2D eigenvalue weighted by Crippen LogP contribution is -2.49. The minimum absolute atomic E-state index is 0.393. The molecule has 1 saturated heterocycles. The molecule has 1 aromatic rings. The van der Waals surface area contributed by atoms with Crippen molar-refractivity contribution in [2.75, 3.05) is 6.54 Å². The van der Waals surface area contributed by atoms with E-state index >= 15 is 0 Å². The Bertz CT molecular complexity index is 444. The van der Waals surface area contributed by atoms with Crippen LogP contribution in [0.25, 0.3) is 0 Å². The van der Waals surface area contributed by atoms with Gasteiger partial charge in [0.1, 0.15) is 5.54 Å². The third-order valence-electron chi connectivity index (χ3n) is 3.94. The van der Waals surface area contributed by atoms with Crippen LogP contribution in [-0.4, -0.2) is 28.4 Å². The van der Waals surface area contributed by atoms with Crippen LogP contribution >= 0.6 is 11.8 Å². The van der Waals surface area contributed by atoms with Crippen molar-refractivity contribution in [3.05, 3.63) is 29.8 Å². The van der Waals surface area contributed by atoms with Crippen LogP contribution in [0, 0.1) is 0 Å². The van der Waals surface area contributed by atoms with Gasteiger partial charge in [0, 0.05) is 10.1 Å². The Morgan fingerprint density at radius 3 is 3.00 bits per heavy atom. The van der Waals surface area contributed by atoms with Crippen molar-refractivity contribution in [3.63, 3.8) is 0 Å². The number of thioether (sulfide) groups is 1. The van der Waals surface area contributed by atoms with Gasteiger partial charge >= 0.3 is 5.97 Å². The quantitative estimate of drug-likeness (QED) is 0.878. The average Bonchev–Trinajstić information content (AvgIpc) is 2.95. The van der Waals surface area contributed by atoms with Gasteiger partial charge in [-0.15, -0.1) is 11.8 Å². The van der Waals surface area contributed by atoms with Crippen molar-refractivity contribution in [2.45, 2.75) is 41.4 Å². The number of aliphatic carboxylic acids is 1. The van der Waals surface area contributed by atoms with E-state index in [4.69, 9.17) is 0 Å². The number of carbonyl (C=O) groups is 1. The fraction of sp³-hybridized carbons (Fsp3) is 0.500. The molecule has 3 nitrogen and oxygen atoms in total. The first-order chi connectivity index (χ1) is 8.70. The van der Waals surface area contributed by atoms with Crippen LogP contribution in [0.15, 0.2) is 29.2 Å². The Labute approximate surface area is 111 Å². The molecule has 1 fully saturated rings. The lowest BCUT2D eigenvalue weighted by Gasteiger charge is -2.27. The number of fused-ring (bicyclic) bond motifs is 1. The Morgan fingerprint density at radius 2 is 2.33 bits per heavy atom. The molecular weight excluding hydrogens is 246 g/mol. The highest BCUT2D eigenvalue weighted by Gasteiger charge is 2.43. The summed E-state index contributed by atoms with van der Waals surface area (Å²) in [6.07, 6.45) is 3.45. The van der Waals surface area contributed by atoms with E-state index in [2.05, 4.69) is 29.6 Å². The van der Waals surface area contributed by atoms with Crippen LogP contribution in [0.4, 0.5) is 0 Å². The molecule has 2 aliphatic heterocycles. The van der Waals surface area contributed by atoms with Crippen LogP contribution in [0.2, 0.25) is 0 Å². The Morgan fingerprint density at radius 1 is 1.50 bits per heavy atom. The standard InChI is InChI=1S/C14H17NO2S/c16-13(17)14(6-3-7-15-14)9-11-8-10-4-1-2-5-12(10)18-11/h1-2,4-5,11,15H,3,6-9H2,(H,16,17). The monoisotopic (exact) mass is 263 g/mol. The Kier molecular flexibility index (Phi) is 3.08. The summed E-state index contributed by atoms with van der Waals surface area (Å²) in [5, 5.41) is 13.1. The lowest BCUT2D eigenvalue weighted by molar-refractivity contribution is -0.144. The highest BCUT2D eigenvalue weighted by molar-refractivity contribution is 8.00. The molecule has 0 amide bonds. The van der Waals surface area contributed by atoms with Crippen LogP contribution in [0.3, 0.4) is 0 Å². The Balaban J connectivity index is 1.73. The molecule has 0 radical (unpaired) electrons. The first kappa shape index (κ1) is 12.1. The zero-order valence-electron chi connectivity index (χ0n) is 10.2. The number of rotatable bonds is 3. The molecule has 0 aliphatic carbocycles. The van der Waals surface area contributed by atoms with Crippen molar-refractivity contribution < 1.29 is 9.90 Å². The van der Waals surface area contributed by atoms with Crippen molar-refractivity contribution >= 4 is 17.7 Å². The number of hydrogen-bond acceptors (Lipinski definition) is 3. The Hall–Kier alpha value is -1.00. The largest absolute Gasteiger partial charge is 0.480 e. The topological polar surface area (TPSA) is 49.3 Å². The lowest BCUT2D eigenvalue weighted by atomic mass is 9.90. The summed E-state index contributed by atoms with van der Waals surface area (Å²) in [5.74, 6) is -0.684. The van der Waals surface area contributed by atoms with E-state index in [1.165, 1.54) is 10.5 Å². The molecule has 3 rings (SSSR count). The molecule has 2 heterocycles. The predicted molar refractivity (Wildman–Crippen MR) is 72.0 cm³/mol. The normalized spacial score (nSPS) is 30.3. The minimum atomic E-state index is -0.684. The third kappa shape index (κ3) is 2.04. The highest BCUT2D eigenvalue weighted by Crippen LogP contribution is 2.41. The maximum atomic E-state index is 11.5. The maximum Gasteiger partial charge on any atom is 0.323 e. The maximum absolute atomic E-state index is 11.5. The molecule has 0 saturated carbocycles. The van der Waals surface area contributed by atoms with E-state index in [-0.39, 0.29) is 0 Å². The molecule has 0 aromatic heterocycles. The van der Waals surface area contributed by atoms with Gasteiger partial charge in [-0.3, -0.25) is 4.79 Å². The molecule has 96 valence electrons. The molecule has 2 unspecified atom stereocenters. The van der Waals surface area contributed by atoms with Crippen molar-refractivity contribution in [1.29, 1.82) is 0 Å². The van der Waals surface area contributed by atoms with Crippen molar-refractivity contribution in [2.24, 2.45) is 0 Å². The molecule has 18 heavy (non-hydrogen) atoms. The van der Waals surface area contributed by atoms with Gasteiger partial charge in [-0.05, 0) is 43.9 Å². The zero-order valence-corrected chi connectivity index (χ0v) is 11.0. The first-order valence-electron chi connectivity index (χ1n) is 6.43. The number of hydrogen-bond donors (Lipinski definition) is 2. The third-order valence-corrected chi connectivity index (χ3v) is 5.26. The van der Waals surface area contributed by atoms with E-state index in [0.717, 1.165) is 32.2 Å². The minimum Gasteiger partial charge on any atom is -0.480 e. The first-order valence-corrected chi connectivity index (χ1v) is 7.31. The smallest absolute Gasteiger partial charge is 0.323 e. The van der Waals surface area contributed by atoms with Crippen LogP contribution < -0.4 is 5.32 Å². The molecule has 4 heteroatoms. The second kappa shape index (κ2) is 4.59. The van der Waals surface area contributed by atoms with Crippen molar-refractivity contribution in [1.82, 2.24) is 5.32 Å². The highest BCUT2D eigenvalue weighted by atomic mass is 32.2. The van der Waals surface area contributed by atoms with E-state index in [9.17, 15) is 9.90 Å². The van der Waals surface area contributed by atoms with Gasteiger partial charge in [0.2, 0.25) is 0 Å². The van der Waals surface area contributed by atoms with Gasteiger partial charge in [-0.1, -0.05) is 18.2 Å². The summed E-state index contributed by atoms with van der Waals surface area (Å²) in [7, 11) is 0. The van der Waals surface area contributed by atoms with Gasteiger partial charge in [0.25, 0.3) is 0 Å². The second-order valence-electron chi connectivity index (χ2n) is 5.17. The van der Waals surface area contributed by atoms with Crippen LogP contribution in [-0.2, 0) is 11.2 Å². The molecule has 2 atom stereocenters. The van der Waals surface area contributed by atoms with Gasteiger partial charge in [0.15, 0.2) is 0 Å². The summed E-state index contributed by atoms with van der Waals surface area (Å²) in [4.78, 5) is 12.8. The molecule has 2 aliphatic rings. The van der Waals surface area contributed by atoms with E-state index in [0.29, 0.717) is 5.25 Å². The van der Waals surface area contributed by atoms with Crippen molar-refractivity contribution in [3.8, 4) is 0 Å². The summed E-state index contributed by atoms with van der Waals surface area (Å²) in [6.45, 7) is 0.830. The summed E-state index contributed by atoms with van der Waals surface area (Å²) < 4.78 is 0. The molecule has 1 aromatic carbocycles. The second-order valence-corrected chi connectivity index (χ2v) is 6.52. The molecular formula is C14H17NO2S. The number of nitrogens with one attached hydrogen (secondary N) is 1. The number of carboxylic acid groups (broad SMARTS) is 1. The van der Waals surface area contributed by atoms with E-state index < -0.39 is 11.5 Å². The van der Waals surface area contributed by atoms with Gasteiger partial charge in [0.05, 0.1) is 0 Å². The molecule has 0 bridgehead atoms. The molecule has 2 N–H and O–H groups in total. The number of benzene rings is 1. The van der Waals surface area contributed by atoms with E-state index in [1.807, 2.05) is 11.8 Å². The summed E-state index contributed by atoms with van der Waals surface area (Å²) in [6, 6.07) is 8.39. The van der Waals surface area contributed by atoms with Gasteiger partial charge in [-0.2, -0.15) is 0 Å². The van der Waals surface area contributed by atoms with Gasteiger partial charge < -0.3 is 10.4 Å². The average molecular weight is 263 g/mol. The summed E-state index contributed by atoms with van der Waals surface area (Å²) in [5.41, 5.74) is 0.686. The fourth-order valence-electron chi connectivity index (χ4n) is 3.01.